The first kappa shape index (κ1) is 23.1. The maximum atomic E-state index is 13.1. The molecule has 0 saturated carbocycles. The zero-order chi connectivity index (χ0) is 24.4. The molecule has 0 spiro atoms. The minimum Gasteiger partial charge on any atom is -0.507 e. The molecule has 180 valence electrons. The van der Waals surface area contributed by atoms with Crippen LogP contribution in [0.3, 0.4) is 0 Å². The molecule has 0 unspecified atom stereocenters. The molecule has 1 aromatic heterocycles. The maximum absolute atomic E-state index is 13.1. The van der Waals surface area contributed by atoms with Gasteiger partial charge in [-0.05, 0) is 42.5 Å². The number of fused-ring (bicyclic) bond motifs is 1. The molecule has 0 aliphatic carbocycles. The van der Waals surface area contributed by atoms with Gasteiger partial charge in [-0.15, -0.1) is 0 Å². The first-order chi connectivity index (χ1) is 17.0. The highest BCUT2D eigenvalue weighted by Crippen LogP contribution is 2.31. The van der Waals surface area contributed by atoms with E-state index in [2.05, 4.69) is 15.9 Å². The van der Waals surface area contributed by atoms with E-state index in [4.69, 9.17) is 25.5 Å². The molecule has 4 aromatic rings. The van der Waals surface area contributed by atoms with Crippen molar-refractivity contribution in [1.29, 1.82) is 0 Å². The van der Waals surface area contributed by atoms with Crippen LogP contribution < -0.4 is 19.8 Å². The van der Waals surface area contributed by atoms with Crippen molar-refractivity contribution in [3.63, 3.8) is 0 Å². The molecule has 1 aliphatic rings. The minimum atomic E-state index is -0.305. The van der Waals surface area contributed by atoms with Crippen molar-refractivity contribution in [3.8, 4) is 23.0 Å². The van der Waals surface area contributed by atoms with Gasteiger partial charge in [-0.3, -0.25) is 9.69 Å². The third kappa shape index (κ3) is 4.92. The number of ether oxygens (including phenoxy) is 2. The third-order valence-corrected chi connectivity index (χ3v) is 6.42. The molecule has 1 N–H and O–H groups in total. The second-order valence-corrected chi connectivity index (χ2v) is 8.83. The van der Waals surface area contributed by atoms with Crippen LogP contribution in [-0.4, -0.2) is 43.3 Å². The molecule has 1 saturated heterocycles. The van der Waals surface area contributed by atoms with E-state index in [9.17, 15) is 9.90 Å². The van der Waals surface area contributed by atoms with Crippen LogP contribution in [0.5, 0.6) is 23.0 Å². The third-order valence-electron chi connectivity index (χ3n) is 6.18. The highest BCUT2D eigenvalue weighted by atomic mass is 35.5. The molecular weight excluding hydrogens is 468 g/mol. The fourth-order valence-electron chi connectivity index (χ4n) is 4.30. The predicted octanol–water partition coefficient (Wildman–Crippen LogP) is 5.28. The van der Waals surface area contributed by atoms with E-state index in [0.717, 1.165) is 36.9 Å². The standard InChI is InChI=1S/C27H25ClN2O5/c1-33-20-6-3-7-21(15-20)35-25-17-34-27-22(26(25)32)8-9-24(31)23(27)16-29-10-12-30(13-11-29)19-5-2-4-18(28)14-19/h2-9,14-15,17,31H,10-13,16H2,1H3. The summed E-state index contributed by atoms with van der Waals surface area (Å²) in [4.78, 5) is 17.7. The van der Waals surface area contributed by atoms with Crippen LogP contribution in [0.1, 0.15) is 5.56 Å². The molecular formula is C27H25ClN2O5. The summed E-state index contributed by atoms with van der Waals surface area (Å²) in [5.41, 5.74) is 1.75. The van der Waals surface area contributed by atoms with Crippen LogP contribution >= 0.6 is 11.6 Å². The van der Waals surface area contributed by atoms with Crippen molar-refractivity contribution in [1.82, 2.24) is 4.90 Å². The van der Waals surface area contributed by atoms with Crippen molar-refractivity contribution in [2.75, 3.05) is 38.2 Å². The number of hydrogen-bond donors (Lipinski definition) is 1. The zero-order valence-electron chi connectivity index (χ0n) is 19.2. The molecule has 7 nitrogen and oxygen atoms in total. The molecule has 0 atom stereocenters. The summed E-state index contributed by atoms with van der Waals surface area (Å²) in [5, 5.41) is 11.7. The van der Waals surface area contributed by atoms with Crippen LogP contribution in [0.15, 0.2) is 76.1 Å². The van der Waals surface area contributed by atoms with E-state index in [1.807, 2.05) is 18.2 Å². The van der Waals surface area contributed by atoms with Gasteiger partial charge in [-0.25, -0.2) is 0 Å². The van der Waals surface area contributed by atoms with E-state index < -0.39 is 0 Å². The molecule has 3 aromatic carbocycles. The van der Waals surface area contributed by atoms with Crippen molar-refractivity contribution in [3.05, 3.63) is 87.7 Å². The van der Waals surface area contributed by atoms with Gasteiger partial charge in [0.2, 0.25) is 11.2 Å². The Balaban J connectivity index is 1.35. The number of methoxy groups -OCH3 is 1. The molecule has 1 fully saturated rings. The molecule has 1 aliphatic heterocycles. The van der Waals surface area contributed by atoms with Crippen molar-refractivity contribution in [2.24, 2.45) is 0 Å². The number of anilines is 1. The van der Waals surface area contributed by atoms with Gasteiger partial charge in [0, 0.05) is 49.5 Å². The molecule has 5 rings (SSSR count). The van der Waals surface area contributed by atoms with E-state index in [0.29, 0.717) is 34.6 Å². The van der Waals surface area contributed by atoms with Crippen molar-refractivity contribution < 1.29 is 19.0 Å². The molecule has 0 bridgehead atoms. The number of phenols is 1. The summed E-state index contributed by atoms with van der Waals surface area (Å²) in [6, 6.07) is 17.9. The topological polar surface area (TPSA) is 75.4 Å². The summed E-state index contributed by atoms with van der Waals surface area (Å²) < 4.78 is 16.8. The lowest BCUT2D eigenvalue weighted by molar-refractivity contribution is 0.246. The van der Waals surface area contributed by atoms with Gasteiger partial charge in [0.1, 0.15) is 29.1 Å². The fraction of sp³-hybridized carbons (Fsp3) is 0.222. The van der Waals surface area contributed by atoms with Gasteiger partial charge < -0.3 is 23.9 Å². The highest BCUT2D eigenvalue weighted by molar-refractivity contribution is 6.30. The van der Waals surface area contributed by atoms with E-state index >= 15 is 0 Å². The molecule has 0 radical (unpaired) electrons. The van der Waals surface area contributed by atoms with E-state index in [-0.39, 0.29) is 16.9 Å². The smallest absolute Gasteiger partial charge is 0.235 e. The minimum absolute atomic E-state index is 0.0672. The summed E-state index contributed by atoms with van der Waals surface area (Å²) in [7, 11) is 1.56. The van der Waals surface area contributed by atoms with Crippen LogP contribution in [0.2, 0.25) is 5.02 Å². The number of nitrogens with zero attached hydrogens (tertiary/aromatic N) is 2. The van der Waals surface area contributed by atoms with Gasteiger partial charge in [0.15, 0.2) is 0 Å². The molecule has 35 heavy (non-hydrogen) atoms. The molecule has 8 heteroatoms. The Morgan fingerprint density at radius 3 is 2.54 bits per heavy atom. The second-order valence-electron chi connectivity index (χ2n) is 8.39. The average molecular weight is 493 g/mol. The number of rotatable bonds is 6. The van der Waals surface area contributed by atoms with Crippen LogP contribution in [0.4, 0.5) is 5.69 Å². The van der Waals surface area contributed by atoms with E-state index in [1.54, 1.807) is 37.4 Å². The Morgan fingerprint density at radius 2 is 1.77 bits per heavy atom. The number of benzene rings is 3. The van der Waals surface area contributed by atoms with Crippen LogP contribution in [0, 0.1) is 0 Å². The van der Waals surface area contributed by atoms with Crippen molar-refractivity contribution in [2.45, 2.75) is 6.54 Å². The van der Waals surface area contributed by atoms with Gasteiger partial charge in [0.05, 0.1) is 18.1 Å². The normalized spacial score (nSPS) is 14.3. The Hall–Kier alpha value is -3.68. The zero-order valence-corrected chi connectivity index (χ0v) is 20.0. The Kier molecular flexibility index (Phi) is 6.53. The van der Waals surface area contributed by atoms with Gasteiger partial charge in [-0.1, -0.05) is 23.7 Å². The number of phenolic OH excluding ortho intramolecular Hbond substituents is 1. The predicted molar refractivity (Wildman–Crippen MR) is 136 cm³/mol. The average Bonchev–Trinajstić information content (AvgIpc) is 2.88. The summed E-state index contributed by atoms with van der Waals surface area (Å²) in [6.45, 7) is 3.71. The summed E-state index contributed by atoms with van der Waals surface area (Å²) in [6.07, 6.45) is 1.30. The van der Waals surface area contributed by atoms with Gasteiger partial charge >= 0.3 is 0 Å². The summed E-state index contributed by atoms with van der Waals surface area (Å²) >= 11 is 6.14. The number of halogens is 1. The lowest BCUT2D eigenvalue weighted by Crippen LogP contribution is -2.46. The number of piperazine rings is 1. The number of hydrogen-bond acceptors (Lipinski definition) is 7. The van der Waals surface area contributed by atoms with Gasteiger partial charge in [-0.2, -0.15) is 0 Å². The Bertz CT molecular complexity index is 1410. The lowest BCUT2D eigenvalue weighted by Gasteiger charge is -2.36. The first-order valence-corrected chi connectivity index (χ1v) is 11.7. The SMILES string of the molecule is COc1cccc(Oc2coc3c(CN4CCN(c5cccc(Cl)c5)CC4)c(O)ccc3c2=O)c1. The maximum Gasteiger partial charge on any atom is 0.235 e. The monoisotopic (exact) mass is 492 g/mol. The number of aromatic hydroxyl groups is 1. The Labute approximate surface area is 207 Å². The summed E-state index contributed by atoms with van der Waals surface area (Å²) in [5.74, 6) is 1.25. The lowest BCUT2D eigenvalue weighted by atomic mass is 10.1. The van der Waals surface area contributed by atoms with Crippen LogP contribution in [-0.2, 0) is 6.54 Å². The van der Waals surface area contributed by atoms with Crippen molar-refractivity contribution >= 4 is 28.3 Å². The quantitative estimate of drug-likeness (QED) is 0.392. The first-order valence-electron chi connectivity index (χ1n) is 11.3. The Morgan fingerprint density at radius 1 is 1.00 bits per heavy atom. The highest BCUT2D eigenvalue weighted by Gasteiger charge is 2.22. The van der Waals surface area contributed by atoms with Gasteiger partial charge in [0.25, 0.3) is 0 Å². The molecule has 2 heterocycles. The second kappa shape index (κ2) is 9.90. The largest absolute Gasteiger partial charge is 0.507 e. The van der Waals surface area contributed by atoms with Crippen LogP contribution in [0.25, 0.3) is 11.0 Å². The fourth-order valence-corrected chi connectivity index (χ4v) is 4.49. The molecule has 0 amide bonds. The van der Waals surface area contributed by atoms with E-state index in [1.165, 1.54) is 12.3 Å².